The van der Waals surface area contributed by atoms with Gasteiger partial charge < -0.3 is 5.43 Å². The van der Waals surface area contributed by atoms with E-state index < -0.39 is 0 Å². The van der Waals surface area contributed by atoms with Crippen molar-refractivity contribution in [1.29, 1.82) is 0 Å². The summed E-state index contributed by atoms with van der Waals surface area (Å²) in [6.07, 6.45) is 3.60. The van der Waals surface area contributed by atoms with Crippen LogP contribution >= 0.6 is 23.2 Å². The number of nitrogens with one attached hydrogen (secondary N) is 1. The van der Waals surface area contributed by atoms with Crippen LogP contribution in [0.5, 0.6) is 0 Å². The van der Waals surface area contributed by atoms with Gasteiger partial charge in [0.15, 0.2) is 0 Å². The first kappa shape index (κ1) is 7.92. The van der Waals surface area contributed by atoms with E-state index in [0.717, 1.165) is 12.8 Å². The smallest absolute Gasteiger partial charge is 0.0815 e. The maximum Gasteiger partial charge on any atom is 0.0815 e. The summed E-state index contributed by atoms with van der Waals surface area (Å²) in [4.78, 5) is 0. The molecule has 0 radical (unpaired) electrons. The lowest BCUT2D eigenvalue weighted by Gasteiger charge is -2.12. The molecule has 4 heteroatoms. The van der Waals surface area contributed by atoms with Crippen molar-refractivity contribution in [2.45, 2.75) is 12.8 Å². The normalized spacial score (nSPS) is 18.9. The quantitative estimate of drug-likeness (QED) is 0.475. The fourth-order valence-corrected chi connectivity index (χ4v) is 1.42. The largest absolute Gasteiger partial charge is 0.322 e. The van der Waals surface area contributed by atoms with E-state index in [1.165, 1.54) is 0 Å². The Balaban J connectivity index is 2.87. The number of hydrogen-bond donors (Lipinski definition) is 2. The molecule has 0 bridgehead atoms. The van der Waals surface area contributed by atoms with Gasteiger partial charge in [0, 0.05) is 5.03 Å². The first-order chi connectivity index (χ1) is 4.75. The van der Waals surface area contributed by atoms with E-state index in [4.69, 9.17) is 29.0 Å². The maximum atomic E-state index is 5.79. The highest BCUT2D eigenvalue weighted by molar-refractivity contribution is 6.35. The average Bonchev–Trinajstić information content (AvgIpc) is 1.88. The zero-order valence-electron chi connectivity index (χ0n) is 5.32. The van der Waals surface area contributed by atoms with Crippen LogP contribution < -0.4 is 11.3 Å². The highest BCUT2D eigenvalue weighted by atomic mass is 35.5. The maximum absolute atomic E-state index is 5.79. The molecular formula is C6H8Cl2N2. The first-order valence-electron chi connectivity index (χ1n) is 2.97. The van der Waals surface area contributed by atoms with Gasteiger partial charge in [-0.25, -0.2) is 0 Å². The van der Waals surface area contributed by atoms with Crippen molar-refractivity contribution in [2.75, 3.05) is 0 Å². The molecule has 0 amide bonds. The van der Waals surface area contributed by atoms with Crippen LogP contribution in [0, 0.1) is 0 Å². The average molecular weight is 179 g/mol. The summed E-state index contributed by atoms with van der Waals surface area (Å²) in [5.74, 6) is 5.17. The lowest BCUT2D eigenvalue weighted by atomic mass is 10.1. The summed E-state index contributed by atoms with van der Waals surface area (Å²) in [5, 5.41) is 1.31. The monoisotopic (exact) mass is 178 g/mol. The van der Waals surface area contributed by atoms with Crippen LogP contribution in [-0.2, 0) is 0 Å². The fraction of sp³-hybridized carbons (Fsp3) is 0.333. The third-order valence-corrected chi connectivity index (χ3v) is 2.06. The molecule has 0 fully saturated rings. The molecule has 0 aromatic heterocycles. The van der Waals surface area contributed by atoms with Crippen LogP contribution in [0.25, 0.3) is 0 Å². The Morgan fingerprint density at radius 2 is 2.20 bits per heavy atom. The Morgan fingerprint density at radius 3 is 2.60 bits per heavy atom. The van der Waals surface area contributed by atoms with Gasteiger partial charge in [0.2, 0.25) is 0 Å². The number of halogens is 2. The van der Waals surface area contributed by atoms with Crippen LogP contribution in [0.3, 0.4) is 0 Å². The van der Waals surface area contributed by atoms with Crippen LogP contribution in [-0.4, -0.2) is 0 Å². The first-order valence-corrected chi connectivity index (χ1v) is 3.72. The van der Waals surface area contributed by atoms with E-state index in [1.807, 2.05) is 6.08 Å². The molecule has 0 heterocycles. The SMILES string of the molecule is NNC1=C(Cl)CCC=C1Cl. The van der Waals surface area contributed by atoms with Gasteiger partial charge in [-0.15, -0.1) is 0 Å². The second-order valence-electron chi connectivity index (χ2n) is 2.01. The number of allylic oxidation sites excluding steroid dienone is 3. The molecule has 1 aliphatic rings. The van der Waals surface area contributed by atoms with Gasteiger partial charge >= 0.3 is 0 Å². The van der Waals surface area contributed by atoms with Gasteiger partial charge in [0.25, 0.3) is 0 Å². The second-order valence-corrected chi connectivity index (χ2v) is 2.88. The minimum Gasteiger partial charge on any atom is -0.322 e. The van der Waals surface area contributed by atoms with Gasteiger partial charge in [-0.2, -0.15) is 0 Å². The van der Waals surface area contributed by atoms with E-state index >= 15 is 0 Å². The number of rotatable bonds is 1. The molecule has 0 aromatic rings. The molecule has 0 saturated carbocycles. The minimum absolute atomic E-state index is 0.610. The molecule has 3 N–H and O–H groups in total. The Labute approximate surface area is 69.6 Å². The predicted molar refractivity (Wildman–Crippen MR) is 43.4 cm³/mol. The summed E-state index contributed by atoms with van der Waals surface area (Å²) in [5.41, 5.74) is 3.10. The molecule has 0 aliphatic heterocycles. The second kappa shape index (κ2) is 3.28. The molecule has 10 heavy (non-hydrogen) atoms. The van der Waals surface area contributed by atoms with Crippen molar-refractivity contribution < 1.29 is 0 Å². The summed E-state index contributed by atoms with van der Waals surface area (Å²) in [6, 6.07) is 0. The van der Waals surface area contributed by atoms with Crippen molar-refractivity contribution in [3.8, 4) is 0 Å². The molecular weight excluding hydrogens is 171 g/mol. The summed E-state index contributed by atoms with van der Waals surface area (Å²) < 4.78 is 0. The van der Waals surface area contributed by atoms with Crippen LogP contribution in [0.15, 0.2) is 21.8 Å². The fourth-order valence-electron chi connectivity index (χ4n) is 0.830. The third-order valence-electron chi connectivity index (χ3n) is 1.34. The van der Waals surface area contributed by atoms with Gasteiger partial charge in [-0.1, -0.05) is 29.3 Å². The molecule has 0 aromatic carbocycles. The summed E-state index contributed by atoms with van der Waals surface area (Å²) in [6.45, 7) is 0. The van der Waals surface area contributed by atoms with E-state index in [9.17, 15) is 0 Å². The molecule has 0 atom stereocenters. The molecule has 1 rings (SSSR count). The van der Waals surface area contributed by atoms with Crippen LogP contribution in [0.2, 0.25) is 0 Å². The highest BCUT2D eigenvalue weighted by Gasteiger charge is 2.10. The minimum atomic E-state index is 0.610. The number of hydrogen-bond acceptors (Lipinski definition) is 2. The topological polar surface area (TPSA) is 38.0 Å². The zero-order valence-corrected chi connectivity index (χ0v) is 6.84. The van der Waals surface area contributed by atoms with Crippen molar-refractivity contribution in [3.05, 3.63) is 21.8 Å². The molecule has 56 valence electrons. The van der Waals surface area contributed by atoms with Crippen LogP contribution in [0.4, 0.5) is 0 Å². The molecule has 1 aliphatic carbocycles. The van der Waals surface area contributed by atoms with Gasteiger partial charge in [-0.3, -0.25) is 5.84 Å². The van der Waals surface area contributed by atoms with Gasteiger partial charge in [-0.05, 0) is 12.8 Å². The molecule has 0 spiro atoms. The van der Waals surface area contributed by atoms with Crippen molar-refractivity contribution in [3.63, 3.8) is 0 Å². The standard InChI is InChI=1S/C6H8Cl2N2/c7-4-2-1-3-5(8)6(4)10-9/h2,10H,1,3,9H2. The van der Waals surface area contributed by atoms with Crippen molar-refractivity contribution >= 4 is 23.2 Å². The molecule has 2 nitrogen and oxygen atoms in total. The molecule has 0 unspecified atom stereocenters. The van der Waals surface area contributed by atoms with E-state index in [-0.39, 0.29) is 0 Å². The van der Waals surface area contributed by atoms with E-state index in [0.29, 0.717) is 15.8 Å². The Kier molecular flexibility index (Phi) is 2.60. The van der Waals surface area contributed by atoms with Gasteiger partial charge in [0.1, 0.15) is 0 Å². The predicted octanol–water partition coefficient (Wildman–Crippen LogP) is 1.82. The lowest BCUT2D eigenvalue weighted by Crippen LogP contribution is -2.23. The summed E-state index contributed by atoms with van der Waals surface area (Å²) >= 11 is 11.5. The van der Waals surface area contributed by atoms with Crippen molar-refractivity contribution in [1.82, 2.24) is 5.43 Å². The lowest BCUT2D eigenvalue weighted by molar-refractivity contribution is 0.859. The Morgan fingerprint density at radius 1 is 1.50 bits per heavy atom. The van der Waals surface area contributed by atoms with Crippen molar-refractivity contribution in [2.24, 2.45) is 5.84 Å². The Bertz CT molecular complexity index is 196. The number of hydrazine groups is 1. The van der Waals surface area contributed by atoms with E-state index in [2.05, 4.69) is 5.43 Å². The summed E-state index contributed by atoms with van der Waals surface area (Å²) in [7, 11) is 0. The molecule has 0 saturated heterocycles. The van der Waals surface area contributed by atoms with E-state index in [1.54, 1.807) is 0 Å². The third kappa shape index (κ3) is 1.45. The number of nitrogens with two attached hydrogens (primary N) is 1. The van der Waals surface area contributed by atoms with Gasteiger partial charge in [0.05, 0.1) is 10.7 Å². The highest BCUT2D eigenvalue weighted by Crippen LogP contribution is 2.27. The van der Waals surface area contributed by atoms with Crippen LogP contribution in [0.1, 0.15) is 12.8 Å². The zero-order chi connectivity index (χ0) is 7.56. The Hall–Kier alpha value is -0.180.